The topological polar surface area (TPSA) is 45.3 Å². The van der Waals surface area contributed by atoms with Gasteiger partial charge in [0.05, 0.1) is 12.0 Å². The Kier molecular flexibility index (Phi) is 3.97. The Hall–Kier alpha value is -0.650. The van der Waals surface area contributed by atoms with Crippen LogP contribution in [0.1, 0.15) is 46.5 Å². The molecule has 3 saturated heterocycles. The molecular weight excluding hydrogens is 328 g/mol. The van der Waals surface area contributed by atoms with E-state index in [-0.39, 0.29) is 41.0 Å². The van der Waals surface area contributed by atoms with Crippen LogP contribution in [0.2, 0.25) is 0 Å². The van der Waals surface area contributed by atoms with Gasteiger partial charge in [0.25, 0.3) is 0 Å². The van der Waals surface area contributed by atoms with Crippen LogP contribution < -0.4 is 0 Å². The average Bonchev–Trinajstić information content (AvgIpc) is 3.31. The van der Waals surface area contributed by atoms with Gasteiger partial charge >= 0.3 is 5.97 Å². The van der Waals surface area contributed by atoms with Crippen molar-refractivity contribution in [1.29, 1.82) is 0 Å². The third-order valence-electron chi connectivity index (χ3n) is 8.56. The summed E-state index contributed by atoms with van der Waals surface area (Å²) in [6, 6.07) is 0. The Labute approximate surface area is 157 Å². The highest BCUT2D eigenvalue weighted by Gasteiger charge is 2.78. The number of hydrogen-bond donors (Lipinski definition) is 0. The Bertz CT molecular complexity index is 590. The van der Waals surface area contributed by atoms with Gasteiger partial charge in [0, 0.05) is 44.1 Å². The number of carbonyl (C=O) groups is 1. The molecule has 0 radical (unpaired) electrons. The molecule has 2 aliphatic carbocycles. The minimum absolute atomic E-state index is 0.0104. The van der Waals surface area contributed by atoms with Gasteiger partial charge in [0.15, 0.2) is 0 Å². The Morgan fingerprint density at radius 2 is 1.92 bits per heavy atom. The first-order chi connectivity index (χ1) is 12.5. The van der Waals surface area contributed by atoms with E-state index in [0.29, 0.717) is 5.92 Å². The number of likely N-dealkylation sites (N-methyl/N-ethyl adjacent to an activating group) is 1. The largest absolute Gasteiger partial charge is 0.462 e. The lowest BCUT2D eigenvalue weighted by Crippen LogP contribution is -2.55. The minimum Gasteiger partial charge on any atom is -0.462 e. The van der Waals surface area contributed by atoms with Crippen molar-refractivity contribution in [2.45, 2.75) is 64.3 Å². The molecule has 5 rings (SSSR count). The first kappa shape index (κ1) is 17.4. The van der Waals surface area contributed by atoms with Gasteiger partial charge in [0.2, 0.25) is 0 Å². The zero-order valence-corrected chi connectivity index (χ0v) is 16.6. The van der Waals surface area contributed by atoms with E-state index in [2.05, 4.69) is 30.6 Å². The number of fused-ring (bicyclic) bond motifs is 2. The number of hydrogen-bond acceptors (Lipinski definition) is 5. The maximum atomic E-state index is 12.8. The number of carbonyl (C=O) groups excluding carboxylic acids is 1. The van der Waals surface area contributed by atoms with Gasteiger partial charge in [-0.1, -0.05) is 27.2 Å². The zero-order chi connectivity index (χ0) is 18.1. The molecule has 26 heavy (non-hydrogen) atoms. The van der Waals surface area contributed by atoms with Gasteiger partial charge in [-0.3, -0.25) is 9.69 Å². The number of esters is 1. The van der Waals surface area contributed by atoms with Crippen LogP contribution in [0.25, 0.3) is 0 Å². The summed E-state index contributed by atoms with van der Waals surface area (Å²) in [5.41, 5.74) is 0.220. The van der Waals surface area contributed by atoms with E-state index in [1.165, 1.54) is 19.3 Å². The van der Waals surface area contributed by atoms with E-state index in [1.807, 2.05) is 0 Å². The molecule has 5 nitrogen and oxygen atoms in total. The summed E-state index contributed by atoms with van der Waals surface area (Å²) in [5.74, 6) is 0.937. The molecule has 146 valence electrons. The zero-order valence-electron chi connectivity index (χ0n) is 16.6. The minimum atomic E-state index is 0.0104. The van der Waals surface area contributed by atoms with Gasteiger partial charge in [-0.2, -0.15) is 0 Å². The monoisotopic (exact) mass is 362 g/mol. The molecule has 5 aliphatic rings. The molecule has 3 aliphatic heterocycles. The van der Waals surface area contributed by atoms with E-state index >= 15 is 0 Å². The fourth-order valence-corrected chi connectivity index (χ4v) is 7.01. The van der Waals surface area contributed by atoms with Crippen LogP contribution in [-0.4, -0.2) is 72.8 Å². The number of piperazine rings is 1. The predicted molar refractivity (Wildman–Crippen MR) is 98.8 cm³/mol. The lowest BCUT2D eigenvalue weighted by molar-refractivity contribution is -0.146. The number of ether oxygens (including phenoxy) is 2. The highest BCUT2D eigenvalue weighted by Crippen LogP contribution is 2.70. The van der Waals surface area contributed by atoms with Crippen molar-refractivity contribution >= 4 is 5.97 Å². The molecule has 5 fully saturated rings. The molecular formula is C21H34N2O3. The first-order valence-corrected chi connectivity index (χ1v) is 10.8. The normalized spacial score (nSPS) is 51.3. The van der Waals surface area contributed by atoms with Gasteiger partial charge in [-0.15, -0.1) is 0 Å². The van der Waals surface area contributed by atoms with Crippen molar-refractivity contribution in [2.24, 2.45) is 23.2 Å². The van der Waals surface area contributed by atoms with Crippen LogP contribution >= 0.6 is 0 Å². The summed E-state index contributed by atoms with van der Waals surface area (Å²) < 4.78 is 12.5. The molecule has 1 spiro atoms. The summed E-state index contributed by atoms with van der Waals surface area (Å²) in [5, 5.41) is 0. The maximum absolute atomic E-state index is 12.8. The summed E-state index contributed by atoms with van der Waals surface area (Å²) in [6.07, 6.45) is 5.10. The van der Waals surface area contributed by atoms with Crippen molar-refractivity contribution in [2.75, 3.05) is 39.3 Å². The van der Waals surface area contributed by atoms with Gasteiger partial charge < -0.3 is 14.4 Å². The second-order valence-electron chi connectivity index (χ2n) is 9.78. The predicted octanol–water partition coefficient (Wildman–Crippen LogP) is 2.15. The maximum Gasteiger partial charge on any atom is 0.311 e. The van der Waals surface area contributed by atoms with Crippen LogP contribution in [-0.2, 0) is 14.3 Å². The Morgan fingerprint density at radius 3 is 2.65 bits per heavy atom. The van der Waals surface area contributed by atoms with Crippen LogP contribution in [0, 0.1) is 23.2 Å². The summed E-state index contributed by atoms with van der Waals surface area (Å²) in [4.78, 5) is 17.7. The van der Waals surface area contributed by atoms with Crippen LogP contribution in [0.4, 0.5) is 0 Å². The first-order valence-electron chi connectivity index (χ1n) is 10.8. The molecule has 0 aromatic heterocycles. The Morgan fingerprint density at radius 1 is 1.19 bits per heavy atom. The summed E-state index contributed by atoms with van der Waals surface area (Å²) in [6.45, 7) is 13.3. The second-order valence-corrected chi connectivity index (χ2v) is 9.78. The fraction of sp³-hybridized carbons (Fsp3) is 0.952. The Balaban J connectivity index is 1.34. The standard InChI is InChI=1S/C21H34N2O3/c1-4-22-8-10-23(11-9-22)13-15-17-16(25-19(15)24)12-20(3)7-5-6-14(2)21(20)18(17)26-21/h14-18H,4-13H2,1-3H3/t14-,15-,16+,17+,18+,20+,21-/m0/s1. The molecule has 0 unspecified atom stereocenters. The molecule has 0 aromatic rings. The van der Waals surface area contributed by atoms with Gasteiger partial charge in [-0.05, 0) is 31.7 Å². The molecule has 0 amide bonds. The smallest absolute Gasteiger partial charge is 0.311 e. The SMILES string of the molecule is CCN1CCN(C[C@@H]2C(=O)O[C@@H]3C[C@@]4(C)CCC[C@H](C)[C@@]45O[C@@H]5[C@H]23)CC1. The van der Waals surface area contributed by atoms with E-state index in [0.717, 1.165) is 45.7 Å². The lowest BCUT2D eigenvalue weighted by Gasteiger charge is -2.49. The van der Waals surface area contributed by atoms with E-state index in [4.69, 9.17) is 9.47 Å². The van der Waals surface area contributed by atoms with Crippen LogP contribution in [0.15, 0.2) is 0 Å². The lowest BCUT2D eigenvalue weighted by atomic mass is 9.53. The third kappa shape index (κ3) is 2.29. The molecule has 7 atom stereocenters. The van der Waals surface area contributed by atoms with Crippen molar-refractivity contribution in [3.63, 3.8) is 0 Å². The molecule has 5 heteroatoms. The van der Waals surface area contributed by atoms with E-state index in [1.54, 1.807) is 0 Å². The number of epoxide rings is 1. The van der Waals surface area contributed by atoms with Crippen molar-refractivity contribution in [3.05, 3.63) is 0 Å². The van der Waals surface area contributed by atoms with Gasteiger partial charge in [0.1, 0.15) is 11.7 Å². The van der Waals surface area contributed by atoms with Crippen LogP contribution in [0.3, 0.4) is 0 Å². The quantitative estimate of drug-likeness (QED) is 0.569. The van der Waals surface area contributed by atoms with E-state index < -0.39 is 0 Å². The fourth-order valence-electron chi connectivity index (χ4n) is 7.01. The molecule has 2 saturated carbocycles. The highest BCUT2D eigenvalue weighted by molar-refractivity contribution is 5.76. The molecule has 0 N–H and O–H groups in total. The number of nitrogens with zero attached hydrogens (tertiary/aromatic N) is 2. The molecule has 0 bridgehead atoms. The molecule has 3 heterocycles. The highest BCUT2D eigenvalue weighted by atomic mass is 16.6. The van der Waals surface area contributed by atoms with Crippen molar-refractivity contribution in [1.82, 2.24) is 9.80 Å². The van der Waals surface area contributed by atoms with Gasteiger partial charge in [-0.25, -0.2) is 0 Å². The van der Waals surface area contributed by atoms with Crippen molar-refractivity contribution in [3.8, 4) is 0 Å². The second kappa shape index (κ2) is 5.92. The van der Waals surface area contributed by atoms with E-state index in [9.17, 15) is 4.79 Å². The molecule has 0 aromatic carbocycles. The van der Waals surface area contributed by atoms with Crippen molar-refractivity contribution < 1.29 is 14.3 Å². The summed E-state index contributed by atoms with van der Waals surface area (Å²) in [7, 11) is 0. The average molecular weight is 363 g/mol. The van der Waals surface area contributed by atoms with Crippen LogP contribution in [0.5, 0.6) is 0 Å². The summed E-state index contributed by atoms with van der Waals surface area (Å²) >= 11 is 0. The number of rotatable bonds is 3. The third-order valence-corrected chi connectivity index (χ3v) is 8.56.